The maximum Gasteiger partial charge on any atom is 0.261 e. The molecule has 0 saturated heterocycles. The number of rotatable bonds is 5. The zero-order chi connectivity index (χ0) is 15.5. The maximum atomic E-state index is 13.1. The highest BCUT2D eigenvalue weighted by atomic mass is 35.5. The number of amides is 1. The summed E-state index contributed by atoms with van der Waals surface area (Å²) >= 11 is 0. The minimum absolute atomic E-state index is 0. The van der Waals surface area contributed by atoms with Crippen molar-refractivity contribution in [1.82, 2.24) is 5.32 Å². The molecule has 0 spiro atoms. The number of benzene rings is 1. The molecule has 1 aromatic rings. The van der Waals surface area contributed by atoms with Crippen molar-refractivity contribution in [3.8, 4) is 5.75 Å². The van der Waals surface area contributed by atoms with Crippen LogP contribution in [0.15, 0.2) is 18.2 Å². The zero-order valence-corrected chi connectivity index (χ0v) is 13.2. The lowest BCUT2D eigenvalue weighted by molar-refractivity contribution is -0.129. The standard InChI is InChI=1S/C15H20F2N2O2.ClH/c1-10(21-11-4-5-12(16)13(17)8-11)14(20)19-15(9-18)6-2-3-7-15;/h4-5,8,10H,2-3,6-7,9,18H2,1H3,(H,19,20);1H. The molecule has 1 aromatic carbocycles. The van der Waals surface area contributed by atoms with Crippen LogP contribution in [0.5, 0.6) is 5.75 Å². The normalized spacial score (nSPS) is 17.5. The van der Waals surface area contributed by atoms with Gasteiger partial charge in [-0.05, 0) is 31.9 Å². The first-order valence-electron chi connectivity index (χ1n) is 7.09. The molecule has 1 amide bonds. The Balaban J connectivity index is 0.00000242. The molecule has 0 aliphatic heterocycles. The third-order valence-corrected chi connectivity index (χ3v) is 3.91. The van der Waals surface area contributed by atoms with E-state index < -0.39 is 17.7 Å². The van der Waals surface area contributed by atoms with E-state index in [0.717, 1.165) is 37.8 Å². The van der Waals surface area contributed by atoms with Crippen LogP contribution in [0.1, 0.15) is 32.6 Å². The summed E-state index contributed by atoms with van der Waals surface area (Å²) in [6, 6.07) is 3.18. The third kappa shape index (κ3) is 4.30. The van der Waals surface area contributed by atoms with Gasteiger partial charge in [-0.3, -0.25) is 4.79 Å². The summed E-state index contributed by atoms with van der Waals surface area (Å²) < 4.78 is 31.3. The Morgan fingerprint density at radius 1 is 1.36 bits per heavy atom. The smallest absolute Gasteiger partial charge is 0.261 e. The van der Waals surface area contributed by atoms with Crippen LogP contribution in [0.4, 0.5) is 8.78 Å². The quantitative estimate of drug-likeness (QED) is 0.869. The minimum atomic E-state index is -1.01. The van der Waals surface area contributed by atoms with Gasteiger partial charge < -0.3 is 15.8 Å². The number of hydrogen-bond donors (Lipinski definition) is 2. The van der Waals surface area contributed by atoms with E-state index in [0.29, 0.717) is 6.54 Å². The molecule has 1 fully saturated rings. The monoisotopic (exact) mass is 334 g/mol. The van der Waals surface area contributed by atoms with Gasteiger partial charge in [-0.15, -0.1) is 12.4 Å². The summed E-state index contributed by atoms with van der Waals surface area (Å²) in [4.78, 5) is 12.2. The summed E-state index contributed by atoms with van der Waals surface area (Å²) in [6.07, 6.45) is 2.98. The van der Waals surface area contributed by atoms with Gasteiger partial charge in [0.1, 0.15) is 5.75 Å². The Labute approximate surface area is 134 Å². The van der Waals surface area contributed by atoms with Crippen LogP contribution in [0, 0.1) is 11.6 Å². The van der Waals surface area contributed by atoms with E-state index in [1.807, 2.05) is 0 Å². The predicted molar refractivity (Wildman–Crippen MR) is 82.1 cm³/mol. The zero-order valence-electron chi connectivity index (χ0n) is 12.4. The molecule has 2 rings (SSSR count). The number of nitrogens with two attached hydrogens (primary N) is 1. The fourth-order valence-corrected chi connectivity index (χ4v) is 2.60. The number of ether oxygens (including phenoxy) is 1. The lowest BCUT2D eigenvalue weighted by Crippen LogP contribution is -2.54. The van der Waals surface area contributed by atoms with E-state index in [1.165, 1.54) is 6.07 Å². The first kappa shape index (κ1) is 18.6. The molecular weight excluding hydrogens is 314 g/mol. The van der Waals surface area contributed by atoms with Crippen molar-refractivity contribution in [2.75, 3.05) is 6.54 Å². The second-order valence-electron chi connectivity index (χ2n) is 5.52. The van der Waals surface area contributed by atoms with Gasteiger partial charge in [0.05, 0.1) is 5.54 Å². The summed E-state index contributed by atoms with van der Waals surface area (Å²) in [6.45, 7) is 1.95. The Bertz CT molecular complexity index is 522. The van der Waals surface area contributed by atoms with Crippen LogP contribution in [-0.2, 0) is 4.79 Å². The predicted octanol–water partition coefficient (Wildman–Crippen LogP) is 2.54. The average molecular weight is 335 g/mol. The van der Waals surface area contributed by atoms with E-state index in [-0.39, 0.29) is 29.6 Å². The summed E-state index contributed by atoms with van der Waals surface area (Å²) in [5.41, 5.74) is 5.40. The van der Waals surface area contributed by atoms with Crippen molar-refractivity contribution >= 4 is 18.3 Å². The number of carbonyl (C=O) groups is 1. The highest BCUT2D eigenvalue weighted by molar-refractivity contribution is 5.85. The van der Waals surface area contributed by atoms with E-state index in [1.54, 1.807) is 6.92 Å². The maximum absolute atomic E-state index is 13.1. The van der Waals surface area contributed by atoms with Crippen molar-refractivity contribution in [1.29, 1.82) is 0 Å². The van der Waals surface area contributed by atoms with Crippen LogP contribution in [-0.4, -0.2) is 24.1 Å². The fourth-order valence-electron chi connectivity index (χ4n) is 2.60. The van der Waals surface area contributed by atoms with Gasteiger partial charge in [0, 0.05) is 12.6 Å². The molecule has 0 aromatic heterocycles. The van der Waals surface area contributed by atoms with Gasteiger partial charge in [-0.25, -0.2) is 8.78 Å². The Morgan fingerprint density at radius 2 is 2.00 bits per heavy atom. The van der Waals surface area contributed by atoms with Gasteiger partial charge in [-0.1, -0.05) is 12.8 Å². The number of hydrogen-bond acceptors (Lipinski definition) is 3. The first-order chi connectivity index (χ1) is 9.96. The Morgan fingerprint density at radius 3 is 2.55 bits per heavy atom. The van der Waals surface area contributed by atoms with Gasteiger partial charge in [0.25, 0.3) is 5.91 Å². The van der Waals surface area contributed by atoms with Gasteiger partial charge >= 0.3 is 0 Å². The lowest BCUT2D eigenvalue weighted by Gasteiger charge is -2.30. The molecule has 1 aliphatic rings. The minimum Gasteiger partial charge on any atom is -0.481 e. The highest BCUT2D eigenvalue weighted by Gasteiger charge is 2.35. The summed E-state index contributed by atoms with van der Waals surface area (Å²) in [5.74, 6) is -2.14. The van der Waals surface area contributed by atoms with Crippen molar-refractivity contribution in [3.63, 3.8) is 0 Å². The topological polar surface area (TPSA) is 64.3 Å². The molecule has 124 valence electrons. The average Bonchev–Trinajstić information content (AvgIpc) is 2.92. The molecule has 1 aliphatic carbocycles. The Kier molecular flexibility index (Phi) is 6.56. The second-order valence-corrected chi connectivity index (χ2v) is 5.52. The number of nitrogens with one attached hydrogen (secondary N) is 1. The van der Waals surface area contributed by atoms with Crippen molar-refractivity contribution in [2.24, 2.45) is 5.73 Å². The molecule has 7 heteroatoms. The van der Waals surface area contributed by atoms with Crippen LogP contribution in [0.2, 0.25) is 0 Å². The fraction of sp³-hybridized carbons (Fsp3) is 0.533. The van der Waals surface area contributed by atoms with E-state index in [9.17, 15) is 13.6 Å². The molecule has 0 radical (unpaired) electrons. The van der Waals surface area contributed by atoms with Gasteiger partial charge in [0.15, 0.2) is 17.7 Å². The van der Waals surface area contributed by atoms with Crippen LogP contribution < -0.4 is 15.8 Å². The van der Waals surface area contributed by atoms with Crippen LogP contribution >= 0.6 is 12.4 Å². The SMILES string of the molecule is CC(Oc1ccc(F)c(F)c1)C(=O)NC1(CN)CCCC1.Cl. The third-order valence-electron chi connectivity index (χ3n) is 3.91. The molecule has 3 N–H and O–H groups in total. The van der Waals surface area contributed by atoms with Gasteiger partial charge in [-0.2, -0.15) is 0 Å². The summed E-state index contributed by atoms with van der Waals surface area (Å²) in [5, 5.41) is 2.93. The lowest BCUT2D eigenvalue weighted by atomic mass is 9.97. The Hall–Kier alpha value is -1.40. The van der Waals surface area contributed by atoms with Crippen molar-refractivity contribution < 1.29 is 18.3 Å². The second kappa shape index (κ2) is 7.74. The highest BCUT2D eigenvalue weighted by Crippen LogP contribution is 2.28. The molecule has 1 atom stereocenters. The molecule has 0 bridgehead atoms. The van der Waals surface area contributed by atoms with E-state index in [4.69, 9.17) is 10.5 Å². The molecular formula is C15H21ClF2N2O2. The number of carbonyl (C=O) groups excluding carboxylic acids is 1. The van der Waals surface area contributed by atoms with Crippen molar-refractivity contribution in [2.45, 2.75) is 44.2 Å². The van der Waals surface area contributed by atoms with Gasteiger partial charge in [0.2, 0.25) is 0 Å². The molecule has 4 nitrogen and oxygen atoms in total. The van der Waals surface area contributed by atoms with Crippen molar-refractivity contribution in [3.05, 3.63) is 29.8 Å². The molecule has 1 saturated carbocycles. The van der Waals surface area contributed by atoms with Crippen LogP contribution in [0.3, 0.4) is 0 Å². The number of halogens is 3. The largest absolute Gasteiger partial charge is 0.481 e. The van der Waals surface area contributed by atoms with Crippen LogP contribution in [0.25, 0.3) is 0 Å². The first-order valence-corrected chi connectivity index (χ1v) is 7.09. The van der Waals surface area contributed by atoms with E-state index >= 15 is 0 Å². The summed E-state index contributed by atoms with van der Waals surface area (Å²) in [7, 11) is 0. The van der Waals surface area contributed by atoms with E-state index in [2.05, 4.69) is 5.32 Å². The molecule has 1 unspecified atom stereocenters. The molecule has 0 heterocycles. The molecule has 22 heavy (non-hydrogen) atoms.